The van der Waals surface area contributed by atoms with Gasteiger partial charge < -0.3 is 24.4 Å². The second-order valence-electron chi connectivity index (χ2n) is 9.71. The number of benzene rings is 2. The maximum Gasteiger partial charge on any atom is 0.295 e. The summed E-state index contributed by atoms with van der Waals surface area (Å²) in [5, 5.41) is 13.8. The molecule has 2 aromatic carbocycles. The van der Waals surface area contributed by atoms with Crippen LogP contribution in [0.2, 0.25) is 0 Å². The molecule has 1 saturated heterocycles. The van der Waals surface area contributed by atoms with Crippen molar-refractivity contribution in [1.82, 2.24) is 4.90 Å². The van der Waals surface area contributed by atoms with E-state index in [1.807, 2.05) is 39.2 Å². The van der Waals surface area contributed by atoms with E-state index in [0.29, 0.717) is 53.7 Å². The van der Waals surface area contributed by atoms with Gasteiger partial charge in [-0.1, -0.05) is 43.9 Å². The Hall–Kier alpha value is -3.32. The standard InChI is InChI=1S/C28H36N2O5/c1-18(2)17-35-20-12-13-21(19(3)16-20)26(31)24-25(22-10-7-8-11-23(22)34-6)30(28(33)27(24)32)15-9-14-29(4)5/h7-8,10-13,16,18,25,31H,9,14-15,17H2,1-6H3. The number of nitrogens with one attached hydrogen (secondary N) is 1. The van der Waals surface area contributed by atoms with Crippen LogP contribution in [0.25, 0.3) is 5.76 Å². The lowest BCUT2D eigenvalue weighted by Gasteiger charge is -2.29. The highest BCUT2D eigenvalue weighted by molar-refractivity contribution is 6.46. The number of rotatable bonds is 10. The van der Waals surface area contributed by atoms with Gasteiger partial charge in [0.15, 0.2) is 0 Å². The van der Waals surface area contributed by atoms with Gasteiger partial charge >= 0.3 is 0 Å². The minimum Gasteiger partial charge on any atom is -0.872 e. The molecule has 0 radical (unpaired) electrons. The van der Waals surface area contributed by atoms with Crippen molar-refractivity contribution < 1.29 is 29.1 Å². The van der Waals surface area contributed by atoms with E-state index in [-0.39, 0.29) is 5.57 Å². The number of nitrogens with zero attached hydrogens (tertiary/aromatic N) is 1. The number of hydrogen-bond donors (Lipinski definition) is 1. The first-order valence-corrected chi connectivity index (χ1v) is 12.1. The van der Waals surface area contributed by atoms with Crippen LogP contribution in [0.15, 0.2) is 48.0 Å². The van der Waals surface area contributed by atoms with Gasteiger partial charge in [0.1, 0.15) is 11.5 Å². The normalized spacial score (nSPS) is 17.5. The Morgan fingerprint density at radius 3 is 2.49 bits per heavy atom. The Kier molecular flexibility index (Phi) is 8.57. The highest BCUT2D eigenvalue weighted by Gasteiger charge is 2.45. The Morgan fingerprint density at radius 1 is 1.14 bits per heavy atom. The van der Waals surface area contributed by atoms with Crippen molar-refractivity contribution in [1.29, 1.82) is 0 Å². The summed E-state index contributed by atoms with van der Waals surface area (Å²) in [5.41, 5.74) is 1.68. The van der Waals surface area contributed by atoms with E-state index >= 15 is 0 Å². The summed E-state index contributed by atoms with van der Waals surface area (Å²) in [6.45, 7) is 7.71. The van der Waals surface area contributed by atoms with Gasteiger partial charge in [-0.05, 0) is 42.2 Å². The van der Waals surface area contributed by atoms with Crippen LogP contribution < -0.4 is 19.5 Å². The molecule has 1 atom stereocenters. The molecule has 1 aliphatic rings. The maximum atomic E-state index is 13.8. The Labute approximate surface area is 207 Å². The van der Waals surface area contributed by atoms with Crippen molar-refractivity contribution >= 4 is 17.4 Å². The molecule has 2 aromatic rings. The molecular formula is C28H36N2O5. The maximum absolute atomic E-state index is 13.8. The van der Waals surface area contributed by atoms with Crippen molar-refractivity contribution in [3.63, 3.8) is 0 Å². The molecule has 1 heterocycles. The average Bonchev–Trinajstić information content (AvgIpc) is 3.07. The second kappa shape index (κ2) is 11.4. The van der Waals surface area contributed by atoms with E-state index in [2.05, 4.69) is 13.8 Å². The van der Waals surface area contributed by atoms with E-state index in [1.54, 1.807) is 31.4 Å². The molecule has 0 aliphatic carbocycles. The molecule has 0 aromatic heterocycles. The number of amides is 1. The topological polar surface area (TPSA) is 83.3 Å². The van der Waals surface area contributed by atoms with Crippen molar-refractivity contribution in [2.24, 2.45) is 5.92 Å². The van der Waals surface area contributed by atoms with Crippen LogP contribution in [-0.2, 0) is 9.59 Å². The lowest BCUT2D eigenvalue weighted by atomic mass is 9.93. The summed E-state index contributed by atoms with van der Waals surface area (Å²) >= 11 is 0. The van der Waals surface area contributed by atoms with Crippen LogP contribution >= 0.6 is 0 Å². The summed E-state index contributed by atoms with van der Waals surface area (Å²) in [7, 11) is 5.61. The molecule has 1 amide bonds. The molecule has 7 heteroatoms. The molecule has 1 fully saturated rings. The zero-order valence-electron chi connectivity index (χ0n) is 21.5. The van der Waals surface area contributed by atoms with Crippen LogP contribution in [0, 0.1) is 12.8 Å². The summed E-state index contributed by atoms with van der Waals surface area (Å²) in [5.74, 6) is -0.262. The number of para-hydroxylation sites is 1. The van der Waals surface area contributed by atoms with Crippen molar-refractivity contribution in [2.75, 3.05) is 40.9 Å². The lowest BCUT2D eigenvalue weighted by Crippen LogP contribution is -3.05. The fourth-order valence-corrected chi connectivity index (χ4v) is 4.31. The van der Waals surface area contributed by atoms with Crippen molar-refractivity contribution in [3.05, 3.63) is 64.7 Å². The summed E-state index contributed by atoms with van der Waals surface area (Å²) in [6.07, 6.45) is 0.704. The molecule has 1 aliphatic heterocycles. The monoisotopic (exact) mass is 480 g/mol. The van der Waals surface area contributed by atoms with E-state index in [9.17, 15) is 14.7 Å². The SMILES string of the molecule is COc1ccccc1C1C(=C([O-])c2ccc(OCC(C)C)cc2C)C(=O)C(=O)N1CCC[NH+](C)C. The lowest BCUT2D eigenvalue weighted by molar-refractivity contribution is -0.858. The Morgan fingerprint density at radius 2 is 1.86 bits per heavy atom. The van der Waals surface area contributed by atoms with E-state index in [0.717, 1.165) is 6.54 Å². The zero-order chi connectivity index (χ0) is 25.7. The third kappa shape index (κ3) is 5.85. The predicted molar refractivity (Wildman–Crippen MR) is 133 cm³/mol. The predicted octanol–water partition coefficient (Wildman–Crippen LogP) is 1.80. The first kappa shape index (κ1) is 26.3. The number of likely N-dealkylation sites (tertiary alicyclic amines) is 1. The molecule has 3 rings (SSSR count). The van der Waals surface area contributed by atoms with E-state index < -0.39 is 23.5 Å². The van der Waals surface area contributed by atoms with Gasteiger partial charge in [-0.15, -0.1) is 0 Å². The number of carbonyl (C=O) groups excluding carboxylic acids is 2. The zero-order valence-corrected chi connectivity index (χ0v) is 21.5. The molecule has 0 saturated carbocycles. The highest BCUT2D eigenvalue weighted by atomic mass is 16.5. The van der Waals surface area contributed by atoms with Gasteiger partial charge in [0, 0.05) is 24.1 Å². The number of Topliss-reactive ketones (excluding diaryl/α,β-unsaturated/α-hetero) is 1. The summed E-state index contributed by atoms with van der Waals surface area (Å²) in [6, 6.07) is 11.6. The van der Waals surface area contributed by atoms with Gasteiger partial charge in [-0.25, -0.2) is 0 Å². The van der Waals surface area contributed by atoms with Gasteiger partial charge in [-0.2, -0.15) is 0 Å². The van der Waals surface area contributed by atoms with Crippen molar-refractivity contribution in [3.8, 4) is 11.5 Å². The number of aryl methyl sites for hydroxylation is 1. The third-order valence-corrected chi connectivity index (χ3v) is 6.06. The molecule has 35 heavy (non-hydrogen) atoms. The number of methoxy groups -OCH3 is 1. The number of ether oxygens (including phenoxy) is 2. The molecule has 0 bridgehead atoms. The number of quaternary nitrogens is 1. The van der Waals surface area contributed by atoms with Gasteiger partial charge in [-0.3, -0.25) is 9.59 Å². The van der Waals surface area contributed by atoms with Crippen LogP contribution in [0.4, 0.5) is 0 Å². The fraction of sp³-hybridized carbons (Fsp3) is 0.429. The second-order valence-corrected chi connectivity index (χ2v) is 9.71. The average molecular weight is 481 g/mol. The van der Waals surface area contributed by atoms with Gasteiger partial charge in [0.2, 0.25) is 5.78 Å². The molecule has 1 N–H and O–H groups in total. The number of hydrogen-bond acceptors (Lipinski definition) is 5. The summed E-state index contributed by atoms with van der Waals surface area (Å²) in [4.78, 5) is 29.1. The molecule has 188 valence electrons. The molecule has 0 spiro atoms. The first-order valence-electron chi connectivity index (χ1n) is 12.1. The van der Waals surface area contributed by atoms with Crippen molar-refractivity contribution in [2.45, 2.75) is 33.2 Å². The molecular weight excluding hydrogens is 444 g/mol. The highest BCUT2D eigenvalue weighted by Crippen LogP contribution is 2.42. The first-order chi connectivity index (χ1) is 16.6. The van der Waals surface area contributed by atoms with Crippen LogP contribution in [0.3, 0.4) is 0 Å². The Balaban J connectivity index is 2.09. The minimum atomic E-state index is -0.799. The third-order valence-electron chi connectivity index (χ3n) is 6.06. The fourth-order valence-electron chi connectivity index (χ4n) is 4.31. The quantitative estimate of drug-likeness (QED) is 0.319. The smallest absolute Gasteiger partial charge is 0.295 e. The van der Waals surface area contributed by atoms with E-state index in [1.165, 1.54) is 9.80 Å². The van der Waals surface area contributed by atoms with Gasteiger partial charge in [0.05, 0.1) is 40.4 Å². The largest absolute Gasteiger partial charge is 0.872 e. The van der Waals surface area contributed by atoms with Crippen LogP contribution in [0.5, 0.6) is 11.5 Å². The molecule has 7 nitrogen and oxygen atoms in total. The van der Waals surface area contributed by atoms with E-state index in [4.69, 9.17) is 9.47 Å². The molecule has 1 unspecified atom stereocenters. The summed E-state index contributed by atoms with van der Waals surface area (Å²) < 4.78 is 11.3. The number of carbonyl (C=O) groups is 2. The minimum absolute atomic E-state index is 0.0318. The Bertz CT molecular complexity index is 1110. The van der Waals surface area contributed by atoms with Gasteiger partial charge in [0.25, 0.3) is 5.91 Å². The van der Waals surface area contributed by atoms with Crippen LogP contribution in [-0.4, -0.2) is 57.5 Å². The van der Waals surface area contributed by atoms with Crippen LogP contribution in [0.1, 0.15) is 43.0 Å². The number of ketones is 1.